The van der Waals surface area contributed by atoms with Crippen LogP contribution in [0, 0.1) is 0 Å². The Hall–Kier alpha value is -0.910. The van der Waals surface area contributed by atoms with Crippen LogP contribution in [0.2, 0.25) is 0 Å². The topological polar surface area (TPSA) is 52.6 Å². The summed E-state index contributed by atoms with van der Waals surface area (Å²) in [7, 11) is 0. The molecule has 1 saturated carbocycles. The van der Waals surface area contributed by atoms with Crippen LogP contribution >= 0.6 is 0 Å². The number of benzene rings is 1. The zero-order valence-corrected chi connectivity index (χ0v) is 11.6. The molecule has 1 atom stereocenters. The Labute approximate surface area is 116 Å². The molecule has 5 heteroatoms. The van der Waals surface area contributed by atoms with Crippen molar-refractivity contribution in [3.8, 4) is 5.75 Å². The fraction of sp³-hybridized carbons (Fsp3) is 0.571. The minimum absolute atomic E-state index is 0.144. The first-order chi connectivity index (χ1) is 9.24. The summed E-state index contributed by atoms with van der Waals surface area (Å²) in [6.07, 6.45) is 3.45. The molecule has 1 heterocycles. The highest BCUT2D eigenvalue weighted by molar-refractivity contribution is 7.79. The molecule has 0 amide bonds. The van der Waals surface area contributed by atoms with Gasteiger partial charge in [0.25, 0.3) is 0 Å². The van der Waals surface area contributed by atoms with E-state index in [4.69, 9.17) is 4.74 Å². The minimum Gasteiger partial charge on any atom is -0.772 e. The highest BCUT2D eigenvalue weighted by Gasteiger charge is 2.29. The van der Waals surface area contributed by atoms with Crippen molar-refractivity contribution < 1.29 is 13.5 Å². The Kier molecular flexibility index (Phi) is 3.86. The molecule has 1 aromatic carbocycles. The molecule has 3 rings (SSSR count). The van der Waals surface area contributed by atoms with Gasteiger partial charge in [0.1, 0.15) is 12.5 Å². The van der Waals surface area contributed by atoms with Gasteiger partial charge in [0.2, 0.25) is 0 Å². The molecule has 1 aliphatic carbocycles. The summed E-state index contributed by atoms with van der Waals surface area (Å²) in [6.45, 7) is 1.53. The number of hydrogen-bond acceptors (Lipinski definition) is 4. The Morgan fingerprint density at radius 1 is 1.21 bits per heavy atom. The molecule has 0 N–H and O–H groups in total. The van der Waals surface area contributed by atoms with Gasteiger partial charge < -0.3 is 9.29 Å². The first kappa shape index (κ1) is 13.1. The van der Waals surface area contributed by atoms with Crippen molar-refractivity contribution >= 4 is 11.1 Å². The molecular weight excluding hydrogens is 262 g/mol. The fourth-order valence-electron chi connectivity index (χ4n) is 3.03. The zero-order chi connectivity index (χ0) is 13.2. The maximum Gasteiger partial charge on any atom is 0.142 e. The highest BCUT2D eigenvalue weighted by Crippen LogP contribution is 2.31. The van der Waals surface area contributed by atoms with E-state index in [0.29, 0.717) is 12.8 Å². The normalized spacial score (nSPS) is 29.3. The van der Waals surface area contributed by atoms with Gasteiger partial charge in [0.15, 0.2) is 0 Å². The van der Waals surface area contributed by atoms with Crippen molar-refractivity contribution in [3.05, 3.63) is 29.8 Å². The van der Waals surface area contributed by atoms with Crippen LogP contribution in [0.4, 0.5) is 0 Å². The summed E-state index contributed by atoms with van der Waals surface area (Å²) in [4.78, 5) is 2.33. The lowest BCUT2D eigenvalue weighted by molar-refractivity contribution is 0.0406. The van der Waals surface area contributed by atoms with E-state index in [1.807, 2.05) is 18.2 Å². The highest BCUT2D eigenvalue weighted by atomic mass is 32.2. The van der Waals surface area contributed by atoms with E-state index in [9.17, 15) is 8.76 Å². The second-order valence-corrected chi connectivity index (χ2v) is 6.51. The van der Waals surface area contributed by atoms with Crippen LogP contribution in [0.15, 0.2) is 24.3 Å². The van der Waals surface area contributed by atoms with Gasteiger partial charge in [0.05, 0.1) is 0 Å². The maximum absolute atomic E-state index is 11.0. The van der Waals surface area contributed by atoms with Crippen LogP contribution in [-0.2, 0) is 17.6 Å². The molecule has 1 unspecified atom stereocenters. The van der Waals surface area contributed by atoms with Crippen molar-refractivity contribution in [1.29, 1.82) is 0 Å². The second-order valence-electron chi connectivity index (χ2n) is 5.32. The molecule has 1 aliphatic heterocycles. The van der Waals surface area contributed by atoms with Crippen LogP contribution in [0.5, 0.6) is 5.75 Å². The molecule has 104 valence electrons. The average molecular weight is 280 g/mol. The van der Waals surface area contributed by atoms with Crippen LogP contribution < -0.4 is 4.74 Å². The number of rotatable bonds is 2. The lowest BCUT2D eigenvalue weighted by Crippen LogP contribution is -2.43. The molecule has 4 nitrogen and oxygen atoms in total. The third kappa shape index (κ3) is 2.83. The van der Waals surface area contributed by atoms with E-state index < -0.39 is 11.1 Å². The number of para-hydroxylation sites is 1. The molecule has 0 spiro atoms. The van der Waals surface area contributed by atoms with Crippen molar-refractivity contribution in [2.24, 2.45) is 0 Å². The maximum atomic E-state index is 11.0. The van der Waals surface area contributed by atoms with E-state index in [-0.39, 0.29) is 5.25 Å². The van der Waals surface area contributed by atoms with Crippen LogP contribution in [0.1, 0.15) is 31.2 Å². The number of fused-ring (bicyclic) bond motifs is 1. The van der Waals surface area contributed by atoms with Gasteiger partial charge in [-0.3, -0.25) is 9.11 Å². The molecule has 0 bridgehead atoms. The van der Waals surface area contributed by atoms with Crippen LogP contribution in [-0.4, -0.2) is 31.7 Å². The quantitative estimate of drug-likeness (QED) is 0.778. The van der Waals surface area contributed by atoms with Crippen molar-refractivity contribution in [3.63, 3.8) is 0 Å². The van der Waals surface area contributed by atoms with E-state index >= 15 is 0 Å². The van der Waals surface area contributed by atoms with Gasteiger partial charge in [-0.25, -0.2) is 0 Å². The summed E-state index contributed by atoms with van der Waals surface area (Å²) in [5, 5.41) is -0.144. The molecule has 0 radical (unpaired) electrons. The fourth-order valence-corrected chi connectivity index (χ4v) is 3.69. The van der Waals surface area contributed by atoms with Gasteiger partial charge in [-0.15, -0.1) is 0 Å². The monoisotopic (exact) mass is 280 g/mol. The molecule has 1 fully saturated rings. The summed E-state index contributed by atoms with van der Waals surface area (Å²) in [5.41, 5.74) is 1.23. The summed E-state index contributed by atoms with van der Waals surface area (Å²) in [5.74, 6) is 0.980. The summed E-state index contributed by atoms with van der Waals surface area (Å²) in [6, 6.07) is 8.57. The predicted molar refractivity (Wildman–Crippen MR) is 72.4 cm³/mol. The number of ether oxygens (including phenoxy) is 1. The van der Waals surface area contributed by atoms with Crippen LogP contribution in [0.3, 0.4) is 0 Å². The molecule has 0 saturated heterocycles. The lowest BCUT2D eigenvalue weighted by Gasteiger charge is -2.39. The van der Waals surface area contributed by atoms with E-state index in [1.165, 1.54) is 5.56 Å². The number of hydrogen-bond donors (Lipinski definition) is 0. The summed E-state index contributed by atoms with van der Waals surface area (Å²) < 4.78 is 27.7. The smallest absolute Gasteiger partial charge is 0.142 e. The van der Waals surface area contributed by atoms with Gasteiger partial charge in [0, 0.05) is 23.4 Å². The Bertz CT molecular complexity index is 472. The minimum atomic E-state index is -1.91. The van der Waals surface area contributed by atoms with Crippen LogP contribution in [0.25, 0.3) is 0 Å². The lowest BCUT2D eigenvalue weighted by atomic mass is 9.93. The third-order valence-electron chi connectivity index (χ3n) is 4.16. The largest absolute Gasteiger partial charge is 0.772 e. The van der Waals surface area contributed by atoms with Gasteiger partial charge in [-0.2, -0.15) is 0 Å². The van der Waals surface area contributed by atoms with Gasteiger partial charge in [-0.05, 0) is 31.7 Å². The molecule has 2 aliphatic rings. The predicted octanol–water partition coefficient (Wildman–Crippen LogP) is 2.03. The molecule has 0 aromatic heterocycles. The van der Waals surface area contributed by atoms with Crippen molar-refractivity contribution in [2.75, 3.05) is 6.73 Å². The molecule has 19 heavy (non-hydrogen) atoms. The second kappa shape index (κ2) is 5.61. The molecule has 1 aromatic rings. The SMILES string of the molecule is O=S([O-])C1CCC(N2COc3ccccc3C2)CC1. The van der Waals surface area contributed by atoms with Crippen molar-refractivity contribution in [1.82, 2.24) is 4.90 Å². The van der Waals surface area contributed by atoms with Crippen molar-refractivity contribution in [2.45, 2.75) is 43.5 Å². The average Bonchev–Trinajstić information content (AvgIpc) is 2.47. The third-order valence-corrected chi connectivity index (χ3v) is 5.18. The van der Waals surface area contributed by atoms with E-state index in [2.05, 4.69) is 11.0 Å². The molecular formula is C14H18NO3S-. The number of nitrogens with zero attached hydrogens (tertiary/aromatic N) is 1. The Morgan fingerprint density at radius 3 is 2.68 bits per heavy atom. The Morgan fingerprint density at radius 2 is 1.95 bits per heavy atom. The van der Waals surface area contributed by atoms with E-state index in [0.717, 1.165) is 38.0 Å². The standard InChI is InChI=1S/C14H19NO3S/c16-19(17)13-7-5-12(6-8-13)15-9-11-3-1-2-4-14(11)18-10-15/h1-4,12-13H,5-10H2,(H,16,17)/p-1. The van der Waals surface area contributed by atoms with E-state index in [1.54, 1.807) is 0 Å². The summed E-state index contributed by atoms with van der Waals surface area (Å²) >= 11 is -1.91. The van der Waals surface area contributed by atoms with Gasteiger partial charge >= 0.3 is 0 Å². The zero-order valence-electron chi connectivity index (χ0n) is 10.8. The first-order valence-electron chi connectivity index (χ1n) is 6.77. The van der Waals surface area contributed by atoms with Gasteiger partial charge in [-0.1, -0.05) is 29.3 Å². The Balaban J connectivity index is 1.62. The first-order valence-corrected chi connectivity index (χ1v) is 7.90.